The molecule has 2 nitrogen and oxygen atoms in total. The van der Waals surface area contributed by atoms with Crippen molar-refractivity contribution in [2.75, 3.05) is 18.3 Å². The summed E-state index contributed by atoms with van der Waals surface area (Å²) in [5, 5.41) is 2.64. The molecule has 5 heteroatoms. The van der Waals surface area contributed by atoms with Crippen molar-refractivity contribution in [2.24, 2.45) is 5.92 Å². The molecule has 1 aliphatic heterocycles. The number of rotatable bonds is 9. The Morgan fingerprint density at radius 1 is 1.19 bits per heavy atom. The first-order chi connectivity index (χ1) is 12.4. The van der Waals surface area contributed by atoms with Gasteiger partial charge in [-0.25, -0.2) is 8.78 Å². The largest absolute Gasteiger partial charge is 0.437 e. The van der Waals surface area contributed by atoms with Crippen molar-refractivity contribution in [3.05, 3.63) is 29.8 Å². The predicted octanol–water partition coefficient (Wildman–Crippen LogP) is 5.60. The van der Waals surface area contributed by atoms with Crippen LogP contribution in [0.3, 0.4) is 0 Å². The molecular formula is C21H33BF2N2. The topological polar surface area (TPSA) is 15.3 Å². The molecule has 1 saturated heterocycles. The van der Waals surface area contributed by atoms with Crippen molar-refractivity contribution in [1.29, 1.82) is 0 Å². The molecule has 0 saturated carbocycles. The Bertz CT molecular complexity index is 527. The van der Waals surface area contributed by atoms with E-state index < -0.39 is 12.0 Å². The highest BCUT2D eigenvalue weighted by atomic mass is 19.3. The first-order valence-electron chi connectivity index (χ1n) is 10.1. The average Bonchev–Trinajstić information content (AvgIpc) is 2.66. The van der Waals surface area contributed by atoms with Crippen LogP contribution in [-0.4, -0.2) is 37.9 Å². The molecule has 0 spiro atoms. The zero-order chi connectivity index (χ0) is 19.2. The Morgan fingerprint density at radius 3 is 2.31 bits per heavy atom. The lowest BCUT2D eigenvalue weighted by atomic mass is 9.86. The van der Waals surface area contributed by atoms with Crippen LogP contribution >= 0.6 is 0 Å². The minimum Gasteiger partial charge on any atom is -0.437 e. The summed E-state index contributed by atoms with van der Waals surface area (Å²) in [5.41, 5.74) is 2.17. The Balaban J connectivity index is 2.00. The van der Waals surface area contributed by atoms with Crippen LogP contribution in [0.2, 0.25) is 0 Å². The molecule has 2 unspecified atom stereocenters. The van der Waals surface area contributed by atoms with Crippen molar-refractivity contribution in [1.82, 2.24) is 4.90 Å². The molecule has 26 heavy (non-hydrogen) atoms. The van der Waals surface area contributed by atoms with Gasteiger partial charge in [-0.15, -0.1) is 0 Å². The number of nitrogens with one attached hydrogen (secondary N) is 1. The molecule has 0 aliphatic carbocycles. The Morgan fingerprint density at radius 2 is 1.81 bits per heavy atom. The summed E-state index contributed by atoms with van der Waals surface area (Å²) in [7, 11) is 5.42. The summed E-state index contributed by atoms with van der Waals surface area (Å²) < 4.78 is 29.9. The molecule has 1 aliphatic rings. The minimum atomic E-state index is -2.60. The van der Waals surface area contributed by atoms with Gasteiger partial charge in [-0.1, -0.05) is 45.7 Å². The third-order valence-electron chi connectivity index (χ3n) is 5.89. The van der Waals surface area contributed by atoms with Crippen LogP contribution < -0.4 is 5.23 Å². The second-order valence-corrected chi connectivity index (χ2v) is 7.86. The molecule has 144 valence electrons. The van der Waals surface area contributed by atoms with Crippen LogP contribution in [0.1, 0.15) is 70.8 Å². The van der Waals surface area contributed by atoms with Gasteiger partial charge in [-0.3, -0.25) is 4.90 Å². The van der Waals surface area contributed by atoms with Crippen LogP contribution in [-0.2, 0) is 0 Å². The number of benzene rings is 1. The Labute approximate surface area is 159 Å². The fourth-order valence-electron chi connectivity index (χ4n) is 4.08. The number of halogens is 2. The van der Waals surface area contributed by atoms with Gasteiger partial charge in [0.05, 0.1) is 6.04 Å². The second kappa shape index (κ2) is 9.73. The summed E-state index contributed by atoms with van der Waals surface area (Å²) in [6.45, 7) is 7.44. The molecule has 2 rings (SSSR count). The van der Waals surface area contributed by atoms with Gasteiger partial charge in [-0.2, -0.15) is 0 Å². The predicted molar refractivity (Wildman–Crippen MR) is 107 cm³/mol. The molecule has 1 aromatic rings. The van der Waals surface area contributed by atoms with E-state index in [0.717, 1.165) is 44.5 Å². The number of hydrogen-bond acceptors (Lipinski definition) is 2. The maximum Gasteiger partial charge on any atom is 0.263 e. The summed E-state index contributed by atoms with van der Waals surface area (Å²) in [6, 6.07) is 7.52. The van der Waals surface area contributed by atoms with E-state index in [2.05, 4.69) is 22.3 Å². The first-order valence-corrected chi connectivity index (χ1v) is 10.1. The van der Waals surface area contributed by atoms with Crippen LogP contribution in [0.5, 0.6) is 0 Å². The maximum absolute atomic E-state index is 14.9. The van der Waals surface area contributed by atoms with Gasteiger partial charge in [0.25, 0.3) is 5.92 Å². The second-order valence-electron chi connectivity index (χ2n) is 7.86. The van der Waals surface area contributed by atoms with E-state index in [1.807, 2.05) is 32.9 Å². The normalized spacial score (nSPS) is 19.3. The number of anilines is 1. The number of nitrogens with zero attached hydrogens (tertiary/aromatic N) is 1. The number of alkyl halides is 2. The number of hydrogen-bond donors (Lipinski definition) is 1. The first kappa shape index (κ1) is 21.2. The van der Waals surface area contributed by atoms with Crippen molar-refractivity contribution in [2.45, 2.75) is 77.2 Å². The summed E-state index contributed by atoms with van der Waals surface area (Å²) >= 11 is 0. The standard InChI is InChI=1S/C21H33BF2N2/c1-4-6-20(21(23,24)15-16(3)5-2)26-13-11-18(12-14-26)17-7-9-19(25-22)10-8-17/h7-10,16,18,20,25H,4-6,11-15H2,1-3H3. The summed E-state index contributed by atoms with van der Waals surface area (Å²) in [6.07, 6.45) is 4.06. The SMILES string of the molecule is [B]Nc1ccc(C2CCN(C(CCC)C(F)(F)CC(C)CC)CC2)cc1. The Kier molecular flexibility index (Phi) is 7.94. The van der Waals surface area contributed by atoms with Gasteiger partial charge < -0.3 is 5.23 Å². The quantitative estimate of drug-likeness (QED) is 0.575. The van der Waals surface area contributed by atoms with Gasteiger partial charge in [0.15, 0.2) is 0 Å². The molecule has 2 radical (unpaired) electrons. The van der Waals surface area contributed by atoms with Crippen LogP contribution in [0.15, 0.2) is 24.3 Å². The molecular weight excluding hydrogens is 329 g/mol. The van der Waals surface area contributed by atoms with Crippen LogP contribution in [0.4, 0.5) is 14.5 Å². The molecule has 1 heterocycles. The van der Waals surface area contributed by atoms with Crippen molar-refractivity contribution >= 4 is 13.7 Å². The fourth-order valence-corrected chi connectivity index (χ4v) is 4.08. The van der Waals surface area contributed by atoms with E-state index in [0.29, 0.717) is 12.3 Å². The monoisotopic (exact) mass is 362 g/mol. The molecule has 2 atom stereocenters. The molecule has 1 N–H and O–H groups in total. The highest BCUT2D eigenvalue weighted by Crippen LogP contribution is 2.37. The third-order valence-corrected chi connectivity index (χ3v) is 5.89. The van der Waals surface area contributed by atoms with E-state index in [4.69, 9.17) is 7.98 Å². The zero-order valence-corrected chi connectivity index (χ0v) is 16.5. The summed E-state index contributed by atoms with van der Waals surface area (Å²) in [5.74, 6) is -2.09. The third kappa shape index (κ3) is 5.45. The number of likely N-dealkylation sites (tertiary alicyclic amines) is 1. The lowest BCUT2D eigenvalue weighted by molar-refractivity contribution is -0.104. The van der Waals surface area contributed by atoms with E-state index >= 15 is 0 Å². The van der Waals surface area contributed by atoms with E-state index in [9.17, 15) is 8.78 Å². The average molecular weight is 362 g/mol. The number of piperidine rings is 1. The molecule has 0 amide bonds. The lowest BCUT2D eigenvalue weighted by Crippen LogP contribution is -2.51. The van der Waals surface area contributed by atoms with Gasteiger partial charge in [0.1, 0.15) is 0 Å². The lowest BCUT2D eigenvalue weighted by Gasteiger charge is -2.41. The molecule has 0 aromatic heterocycles. The zero-order valence-electron chi connectivity index (χ0n) is 16.5. The molecule has 0 bridgehead atoms. The van der Waals surface area contributed by atoms with Gasteiger partial charge >= 0.3 is 0 Å². The fraction of sp³-hybridized carbons (Fsp3) is 0.714. The van der Waals surface area contributed by atoms with Crippen molar-refractivity contribution < 1.29 is 8.78 Å². The maximum atomic E-state index is 14.9. The summed E-state index contributed by atoms with van der Waals surface area (Å²) in [4.78, 5) is 2.05. The highest BCUT2D eigenvalue weighted by molar-refractivity contribution is 6.15. The smallest absolute Gasteiger partial charge is 0.263 e. The van der Waals surface area contributed by atoms with Gasteiger partial charge in [0.2, 0.25) is 7.98 Å². The van der Waals surface area contributed by atoms with Crippen LogP contribution in [0, 0.1) is 5.92 Å². The van der Waals surface area contributed by atoms with Gasteiger partial charge in [-0.05, 0) is 61.9 Å². The molecule has 1 aromatic carbocycles. The van der Waals surface area contributed by atoms with Crippen LogP contribution in [0.25, 0.3) is 0 Å². The van der Waals surface area contributed by atoms with E-state index in [1.165, 1.54) is 5.56 Å². The van der Waals surface area contributed by atoms with Crippen molar-refractivity contribution in [3.8, 4) is 0 Å². The Hall–Kier alpha value is -1.10. The van der Waals surface area contributed by atoms with Gasteiger partial charge in [0, 0.05) is 12.1 Å². The minimum absolute atomic E-state index is 0.00163. The molecule has 1 fully saturated rings. The van der Waals surface area contributed by atoms with Crippen molar-refractivity contribution in [3.63, 3.8) is 0 Å². The van der Waals surface area contributed by atoms with E-state index in [-0.39, 0.29) is 12.3 Å². The highest BCUT2D eigenvalue weighted by Gasteiger charge is 2.43. The van der Waals surface area contributed by atoms with E-state index in [1.54, 1.807) is 0 Å².